The first-order valence-electron chi connectivity index (χ1n) is 9.41. The molecule has 1 aliphatic rings. The normalized spacial score (nSPS) is 20.0. The minimum absolute atomic E-state index is 0.0480. The summed E-state index contributed by atoms with van der Waals surface area (Å²) in [5, 5.41) is 2.79. The molecule has 5 nitrogen and oxygen atoms in total. The molecule has 0 radical (unpaired) electrons. The van der Waals surface area contributed by atoms with Gasteiger partial charge in [-0.2, -0.15) is 13.2 Å². The van der Waals surface area contributed by atoms with E-state index in [2.05, 4.69) is 5.32 Å². The monoisotopic (exact) mass is 399 g/mol. The zero-order chi connectivity index (χ0) is 21.2. The molecule has 0 saturated carbocycles. The van der Waals surface area contributed by atoms with E-state index in [9.17, 15) is 22.8 Å². The van der Waals surface area contributed by atoms with Crippen molar-refractivity contribution in [2.24, 2.45) is 5.92 Å². The van der Waals surface area contributed by atoms with Crippen LogP contribution in [0.5, 0.6) is 0 Å². The predicted octanol–water partition coefficient (Wildman–Crippen LogP) is 3.71. The summed E-state index contributed by atoms with van der Waals surface area (Å²) in [5.74, 6) is -1.25. The van der Waals surface area contributed by atoms with Crippen LogP contribution in [0, 0.1) is 5.92 Å². The summed E-state index contributed by atoms with van der Waals surface area (Å²) in [7, 11) is 1.67. The molecular weight excluding hydrogens is 371 g/mol. The van der Waals surface area contributed by atoms with Gasteiger partial charge in [0.05, 0.1) is 11.5 Å². The van der Waals surface area contributed by atoms with Crippen LogP contribution >= 0.6 is 0 Å². The zero-order valence-corrected chi connectivity index (χ0v) is 16.9. The Kier molecular flexibility index (Phi) is 6.62. The molecular formula is C20H28F3N3O2. The summed E-state index contributed by atoms with van der Waals surface area (Å²) in [6.45, 7) is 7.77. The van der Waals surface area contributed by atoms with E-state index >= 15 is 0 Å². The summed E-state index contributed by atoms with van der Waals surface area (Å²) < 4.78 is 39.4. The minimum Gasteiger partial charge on any atom is -0.343 e. The fourth-order valence-electron chi connectivity index (χ4n) is 3.36. The molecule has 28 heavy (non-hydrogen) atoms. The molecule has 0 unspecified atom stereocenters. The highest BCUT2D eigenvalue weighted by Crippen LogP contribution is 2.37. The third kappa shape index (κ3) is 4.97. The van der Waals surface area contributed by atoms with E-state index < -0.39 is 23.6 Å². The highest BCUT2D eigenvalue weighted by molar-refractivity contribution is 5.83. The molecule has 0 aromatic heterocycles. The first kappa shape index (κ1) is 22.0. The second kappa shape index (κ2) is 8.41. The van der Waals surface area contributed by atoms with E-state index in [-0.39, 0.29) is 37.1 Å². The number of carbonyl (C=O) groups excluding carboxylic acids is 2. The smallest absolute Gasteiger partial charge is 0.343 e. The Hall–Kier alpha value is -2.25. The predicted molar refractivity (Wildman–Crippen MR) is 101 cm³/mol. The van der Waals surface area contributed by atoms with Crippen molar-refractivity contribution in [1.82, 2.24) is 15.1 Å². The fourth-order valence-corrected chi connectivity index (χ4v) is 3.36. The lowest BCUT2D eigenvalue weighted by Crippen LogP contribution is -2.43. The van der Waals surface area contributed by atoms with Crippen LogP contribution in [0.15, 0.2) is 24.3 Å². The molecule has 1 saturated heterocycles. The van der Waals surface area contributed by atoms with Crippen molar-refractivity contribution >= 4 is 11.9 Å². The summed E-state index contributed by atoms with van der Waals surface area (Å²) in [4.78, 5) is 28.5. The molecule has 0 spiro atoms. The fraction of sp³-hybridized carbons (Fsp3) is 0.600. The second-order valence-corrected chi connectivity index (χ2v) is 7.89. The van der Waals surface area contributed by atoms with Crippen molar-refractivity contribution in [2.45, 2.75) is 51.9 Å². The van der Waals surface area contributed by atoms with Crippen molar-refractivity contribution in [2.75, 3.05) is 20.1 Å². The van der Waals surface area contributed by atoms with Crippen LogP contribution in [-0.4, -0.2) is 54.0 Å². The van der Waals surface area contributed by atoms with Crippen LogP contribution < -0.4 is 5.32 Å². The van der Waals surface area contributed by atoms with Crippen molar-refractivity contribution in [1.29, 1.82) is 0 Å². The van der Waals surface area contributed by atoms with Gasteiger partial charge >= 0.3 is 12.2 Å². The quantitative estimate of drug-likeness (QED) is 0.839. The van der Waals surface area contributed by atoms with Crippen LogP contribution in [-0.2, 0) is 11.0 Å². The van der Waals surface area contributed by atoms with E-state index in [1.165, 1.54) is 11.0 Å². The lowest BCUT2D eigenvalue weighted by Gasteiger charge is -2.27. The van der Waals surface area contributed by atoms with E-state index in [4.69, 9.17) is 0 Å². The number of nitrogens with one attached hydrogen (secondary N) is 1. The SMILES string of the molecule is CC(C)NC(=O)N1C[C@H](C(=O)N(C)C(C)C)[C@H](c2cccc(C(F)(F)F)c2)C1. The van der Waals surface area contributed by atoms with Crippen molar-refractivity contribution in [3.8, 4) is 0 Å². The molecule has 3 amide bonds. The molecule has 2 atom stereocenters. The van der Waals surface area contributed by atoms with Gasteiger partial charge in [0, 0.05) is 38.1 Å². The van der Waals surface area contributed by atoms with Gasteiger partial charge in [0.2, 0.25) is 5.91 Å². The number of hydrogen-bond donors (Lipinski definition) is 1. The number of carbonyl (C=O) groups is 2. The molecule has 2 rings (SSSR count). The maximum atomic E-state index is 13.1. The van der Waals surface area contributed by atoms with E-state index in [0.29, 0.717) is 5.56 Å². The number of hydrogen-bond acceptors (Lipinski definition) is 2. The molecule has 1 N–H and O–H groups in total. The van der Waals surface area contributed by atoms with Crippen LogP contribution in [0.3, 0.4) is 0 Å². The molecule has 1 heterocycles. The number of halogens is 3. The van der Waals surface area contributed by atoms with Gasteiger partial charge in [0.25, 0.3) is 0 Å². The summed E-state index contributed by atoms with van der Waals surface area (Å²) in [5.41, 5.74) is -0.330. The van der Waals surface area contributed by atoms with E-state index in [1.54, 1.807) is 18.0 Å². The van der Waals surface area contributed by atoms with Gasteiger partial charge in [0.1, 0.15) is 0 Å². The first-order valence-corrected chi connectivity index (χ1v) is 9.41. The van der Waals surface area contributed by atoms with Crippen molar-refractivity contribution in [3.63, 3.8) is 0 Å². The van der Waals surface area contributed by atoms with Gasteiger partial charge in [-0.15, -0.1) is 0 Å². The number of alkyl halides is 3. The Morgan fingerprint density at radius 2 is 1.82 bits per heavy atom. The van der Waals surface area contributed by atoms with Gasteiger partial charge in [-0.3, -0.25) is 4.79 Å². The van der Waals surface area contributed by atoms with Crippen LogP contribution in [0.4, 0.5) is 18.0 Å². The highest BCUT2D eigenvalue weighted by Gasteiger charge is 2.42. The number of urea groups is 1. The number of nitrogens with zero attached hydrogens (tertiary/aromatic N) is 2. The Balaban J connectivity index is 2.37. The number of rotatable bonds is 4. The molecule has 1 fully saturated rings. The zero-order valence-electron chi connectivity index (χ0n) is 16.9. The van der Waals surface area contributed by atoms with Gasteiger partial charge in [0.15, 0.2) is 0 Å². The standard InChI is InChI=1S/C20H28F3N3O2/c1-12(2)24-19(28)26-10-16(17(11-26)18(27)25(5)13(3)4)14-7-6-8-15(9-14)20(21,22)23/h6-9,12-13,16-17H,10-11H2,1-5H3,(H,24,28)/t16-,17-/m0/s1. The van der Waals surface area contributed by atoms with E-state index in [0.717, 1.165) is 12.1 Å². The van der Waals surface area contributed by atoms with Gasteiger partial charge < -0.3 is 15.1 Å². The molecule has 0 bridgehead atoms. The van der Waals surface area contributed by atoms with Crippen molar-refractivity contribution in [3.05, 3.63) is 35.4 Å². The molecule has 1 aliphatic heterocycles. The van der Waals surface area contributed by atoms with Crippen molar-refractivity contribution < 1.29 is 22.8 Å². The van der Waals surface area contributed by atoms with Crippen LogP contribution in [0.2, 0.25) is 0 Å². The third-order valence-corrected chi connectivity index (χ3v) is 5.10. The molecule has 0 aliphatic carbocycles. The third-order valence-electron chi connectivity index (χ3n) is 5.10. The number of amides is 3. The Morgan fingerprint density at radius 1 is 1.18 bits per heavy atom. The molecule has 1 aromatic rings. The Bertz CT molecular complexity index is 719. The first-order chi connectivity index (χ1) is 12.9. The lowest BCUT2D eigenvalue weighted by atomic mass is 9.87. The number of likely N-dealkylation sites (tertiary alicyclic amines) is 1. The Labute approximate surface area is 163 Å². The summed E-state index contributed by atoms with van der Waals surface area (Å²) in [6, 6.07) is 4.61. The second-order valence-electron chi connectivity index (χ2n) is 7.89. The van der Waals surface area contributed by atoms with Gasteiger partial charge in [-0.05, 0) is 39.3 Å². The Morgan fingerprint density at radius 3 is 2.36 bits per heavy atom. The maximum Gasteiger partial charge on any atom is 0.416 e. The summed E-state index contributed by atoms with van der Waals surface area (Å²) in [6.07, 6.45) is -4.46. The minimum atomic E-state index is -4.46. The maximum absolute atomic E-state index is 13.1. The average molecular weight is 399 g/mol. The largest absolute Gasteiger partial charge is 0.416 e. The van der Waals surface area contributed by atoms with Crippen LogP contribution in [0.1, 0.15) is 44.7 Å². The average Bonchev–Trinajstić information content (AvgIpc) is 3.04. The van der Waals surface area contributed by atoms with Gasteiger partial charge in [-0.25, -0.2) is 4.79 Å². The van der Waals surface area contributed by atoms with E-state index in [1.807, 2.05) is 27.7 Å². The molecule has 8 heteroatoms. The lowest BCUT2D eigenvalue weighted by molar-refractivity contribution is -0.137. The highest BCUT2D eigenvalue weighted by atomic mass is 19.4. The molecule has 156 valence electrons. The van der Waals surface area contributed by atoms with Gasteiger partial charge in [-0.1, -0.05) is 18.2 Å². The molecule has 1 aromatic carbocycles. The van der Waals surface area contributed by atoms with Crippen LogP contribution in [0.25, 0.3) is 0 Å². The summed E-state index contributed by atoms with van der Waals surface area (Å²) >= 11 is 0. The number of benzene rings is 1. The topological polar surface area (TPSA) is 52.7 Å².